The van der Waals surface area contributed by atoms with Gasteiger partial charge in [-0.15, -0.1) is 0 Å². The second kappa shape index (κ2) is 13.4. The first-order chi connectivity index (χ1) is 21.5. The Morgan fingerprint density at radius 2 is 1.89 bits per heavy atom. The Hall–Kier alpha value is -4.95. The summed E-state index contributed by atoms with van der Waals surface area (Å²) in [7, 11) is 0. The van der Waals surface area contributed by atoms with Crippen LogP contribution < -0.4 is 10.6 Å². The van der Waals surface area contributed by atoms with Crippen LogP contribution in [0.25, 0.3) is 10.1 Å². The number of benzene rings is 2. The molecule has 0 aliphatic carbocycles. The molecule has 12 nitrogen and oxygen atoms in total. The van der Waals surface area contributed by atoms with Crippen molar-refractivity contribution >= 4 is 62.6 Å². The van der Waals surface area contributed by atoms with E-state index in [4.69, 9.17) is 16.7 Å². The fourth-order valence-electron chi connectivity index (χ4n) is 4.85. The van der Waals surface area contributed by atoms with Crippen molar-refractivity contribution in [3.8, 4) is 0 Å². The number of aliphatic carboxylic acids is 1. The second-order valence-corrected chi connectivity index (χ2v) is 11.4. The van der Waals surface area contributed by atoms with Crippen molar-refractivity contribution in [1.82, 2.24) is 29.0 Å². The summed E-state index contributed by atoms with van der Waals surface area (Å²) in [4.78, 5) is 54.9. The Morgan fingerprint density at radius 1 is 1.11 bits per heavy atom. The van der Waals surface area contributed by atoms with Crippen LogP contribution in [-0.4, -0.2) is 52.4 Å². The summed E-state index contributed by atoms with van der Waals surface area (Å²) in [6.07, 6.45) is 1.48. The Bertz CT molecular complexity index is 1930. The molecule has 5 aromatic rings. The molecule has 2 amide bonds. The van der Waals surface area contributed by atoms with E-state index in [9.17, 15) is 23.6 Å². The van der Waals surface area contributed by atoms with Gasteiger partial charge in [0.15, 0.2) is 5.82 Å². The number of carboxylic acid groups (broad SMARTS) is 1. The standard InChI is InChI=1S/C30H27ClFN7O5S/c1-16(40)15-39-26(17(2)21-13-18(32)7-8-22(21)31)27(35-29(43)25-20-5-3-4-6-23(20)45-37-25)34-28(39)30(44)33-14-19-9-11-38(36-19)12-10-24(41)42/h3-9,11,13,17H,10,12,14-15H2,1-2H3,(H,33,44)(H,35,43)(H,41,42)/t17-/m0/s1. The van der Waals surface area contributed by atoms with E-state index in [1.54, 1.807) is 31.3 Å². The molecule has 0 unspecified atom stereocenters. The molecule has 0 fully saturated rings. The first-order valence-corrected chi connectivity index (χ1v) is 14.9. The highest BCUT2D eigenvalue weighted by atomic mass is 35.5. The zero-order valence-corrected chi connectivity index (χ0v) is 25.7. The molecule has 0 spiro atoms. The number of ketones is 1. The van der Waals surface area contributed by atoms with Crippen molar-refractivity contribution in [3.63, 3.8) is 0 Å². The van der Waals surface area contributed by atoms with E-state index in [-0.39, 0.29) is 59.9 Å². The SMILES string of the molecule is CC(=O)Cn1c(C(=O)NCc2ccn(CCC(=O)O)n2)nc(NC(=O)c2nsc3ccccc23)c1[C@@H](C)c1cc(F)ccc1Cl. The van der Waals surface area contributed by atoms with Crippen LogP contribution in [-0.2, 0) is 29.2 Å². The van der Waals surface area contributed by atoms with Gasteiger partial charge in [0.1, 0.15) is 17.3 Å². The van der Waals surface area contributed by atoms with E-state index in [1.165, 1.54) is 34.4 Å². The van der Waals surface area contributed by atoms with Crippen molar-refractivity contribution in [2.24, 2.45) is 0 Å². The van der Waals surface area contributed by atoms with Gasteiger partial charge in [-0.05, 0) is 54.4 Å². The van der Waals surface area contributed by atoms with E-state index in [1.807, 2.05) is 12.1 Å². The Balaban J connectivity index is 1.53. The molecule has 232 valence electrons. The fraction of sp³-hybridized carbons (Fsp3) is 0.233. The zero-order valence-electron chi connectivity index (χ0n) is 24.1. The number of hydrogen-bond acceptors (Lipinski definition) is 8. The maximum atomic E-state index is 14.4. The first-order valence-electron chi connectivity index (χ1n) is 13.7. The zero-order chi connectivity index (χ0) is 32.2. The molecule has 1 atom stereocenters. The monoisotopic (exact) mass is 651 g/mol. The average Bonchev–Trinajstić information content (AvgIpc) is 3.73. The van der Waals surface area contributed by atoms with Gasteiger partial charge in [0.25, 0.3) is 11.8 Å². The summed E-state index contributed by atoms with van der Waals surface area (Å²) < 4.78 is 22.3. The van der Waals surface area contributed by atoms with Gasteiger partial charge in [-0.1, -0.05) is 36.7 Å². The molecular formula is C30H27ClFN7O5S. The number of anilines is 1. The minimum Gasteiger partial charge on any atom is -0.481 e. The lowest BCUT2D eigenvalue weighted by atomic mass is 9.96. The average molecular weight is 652 g/mol. The second-order valence-electron chi connectivity index (χ2n) is 10.2. The van der Waals surface area contributed by atoms with Crippen LogP contribution in [0.3, 0.4) is 0 Å². The van der Waals surface area contributed by atoms with Gasteiger partial charge < -0.3 is 20.3 Å². The molecule has 3 N–H and O–H groups in total. The normalized spacial score (nSPS) is 11.8. The van der Waals surface area contributed by atoms with Gasteiger partial charge in [-0.2, -0.15) is 9.47 Å². The largest absolute Gasteiger partial charge is 0.481 e. The van der Waals surface area contributed by atoms with Gasteiger partial charge in [-0.3, -0.25) is 23.9 Å². The summed E-state index contributed by atoms with van der Waals surface area (Å²) in [5.41, 5.74) is 1.23. The fourth-order valence-corrected chi connectivity index (χ4v) is 5.90. The number of rotatable bonds is 12. The van der Waals surface area contributed by atoms with Crippen molar-refractivity contribution in [1.29, 1.82) is 0 Å². The molecular weight excluding hydrogens is 625 g/mol. The number of hydrogen-bond donors (Lipinski definition) is 3. The van der Waals surface area contributed by atoms with Crippen molar-refractivity contribution < 1.29 is 28.7 Å². The van der Waals surface area contributed by atoms with Gasteiger partial charge in [-0.25, -0.2) is 9.37 Å². The summed E-state index contributed by atoms with van der Waals surface area (Å²) in [5.74, 6) is -3.99. The highest BCUT2D eigenvalue weighted by Gasteiger charge is 2.30. The van der Waals surface area contributed by atoms with E-state index >= 15 is 0 Å². The van der Waals surface area contributed by atoms with Crippen LogP contribution in [0.4, 0.5) is 10.2 Å². The van der Waals surface area contributed by atoms with Crippen LogP contribution >= 0.6 is 23.1 Å². The number of carboxylic acids is 1. The van der Waals surface area contributed by atoms with Gasteiger partial charge in [0.05, 0.1) is 42.1 Å². The molecule has 0 saturated heterocycles. The summed E-state index contributed by atoms with van der Waals surface area (Å²) in [6, 6.07) is 12.7. The third-order valence-electron chi connectivity index (χ3n) is 6.93. The van der Waals surface area contributed by atoms with Gasteiger partial charge >= 0.3 is 5.97 Å². The molecule has 0 saturated carbocycles. The number of nitrogens with zero attached hydrogens (tertiary/aromatic N) is 5. The van der Waals surface area contributed by atoms with Crippen LogP contribution in [0.5, 0.6) is 0 Å². The number of nitrogens with one attached hydrogen (secondary N) is 2. The molecule has 0 radical (unpaired) electrons. The van der Waals surface area contributed by atoms with Crippen molar-refractivity contribution in [2.45, 2.75) is 45.8 Å². The Morgan fingerprint density at radius 3 is 2.64 bits per heavy atom. The lowest BCUT2D eigenvalue weighted by Crippen LogP contribution is -2.28. The third kappa shape index (κ3) is 7.07. The number of Topliss-reactive ketones (excluding diaryl/α,β-unsaturated/α-hetero) is 1. The molecule has 0 bridgehead atoms. The Kier molecular flexibility index (Phi) is 9.34. The quantitative estimate of drug-likeness (QED) is 0.172. The molecule has 3 aromatic heterocycles. The van der Waals surface area contributed by atoms with Gasteiger partial charge in [0.2, 0.25) is 5.82 Å². The number of carbonyl (C=O) groups is 4. The van der Waals surface area contributed by atoms with Crippen LogP contribution in [0.1, 0.15) is 64.2 Å². The Labute approximate surface area is 265 Å². The number of amides is 2. The predicted molar refractivity (Wildman–Crippen MR) is 165 cm³/mol. The van der Waals surface area contributed by atoms with Crippen LogP contribution in [0.2, 0.25) is 5.02 Å². The summed E-state index contributed by atoms with van der Waals surface area (Å²) >= 11 is 7.61. The molecule has 0 aliphatic heterocycles. The molecule has 0 aliphatic rings. The molecule has 5 rings (SSSR count). The lowest BCUT2D eigenvalue weighted by molar-refractivity contribution is -0.137. The minimum atomic E-state index is -0.965. The number of imidazole rings is 1. The van der Waals surface area contributed by atoms with E-state index in [0.29, 0.717) is 16.6 Å². The van der Waals surface area contributed by atoms with E-state index < -0.39 is 29.5 Å². The maximum Gasteiger partial charge on any atom is 0.305 e. The first kappa shape index (κ1) is 31.5. The summed E-state index contributed by atoms with van der Waals surface area (Å²) in [6.45, 7) is 2.90. The van der Waals surface area contributed by atoms with Crippen LogP contribution in [0.15, 0.2) is 54.7 Å². The van der Waals surface area contributed by atoms with Crippen molar-refractivity contribution in [2.75, 3.05) is 5.32 Å². The van der Waals surface area contributed by atoms with Crippen molar-refractivity contribution in [3.05, 3.63) is 94.0 Å². The van der Waals surface area contributed by atoms with Gasteiger partial charge in [0, 0.05) is 22.5 Å². The molecule has 45 heavy (non-hydrogen) atoms. The topological polar surface area (TPSA) is 161 Å². The highest BCUT2D eigenvalue weighted by molar-refractivity contribution is 7.13. The maximum absolute atomic E-state index is 14.4. The van der Waals surface area contributed by atoms with E-state index in [2.05, 4.69) is 25.1 Å². The molecule has 3 heterocycles. The van der Waals surface area contributed by atoms with E-state index in [0.717, 1.165) is 16.2 Å². The summed E-state index contributed by atoms with van der Waals surface area (Å²) in [5, 5.41) is 19.5. The number of halogens is 2. The predicted octanol–water partition coefficient (Wildman–Crippen LogP) is 4.88. The highest BCUT2D eigenvalue weighted by Crippen LogP contribution is 2.36. The number of fused-ring (bicyclic) bond motifs is 1. The number of aromatic nitrogens is 5. The van der Waals surface area contributed by atoms with Crippen LogP contribution in [0, 0.1) is 5.82 Å². The molecule has 15 heteroatoms. The minimum absolute atomic E-state index is 0.0192. The number of carbonyl (C=O) groups excluding carboxylic acids is 3. The number of aryl methyl sites for hydroxylation is 1. The smallest absolute Gasteiger partial charge is 0.305 e. The lowest BCUT2D eigenvalue weighted by Gasteiger charge is -2.19. The molecule has 2 aromatic carbocycles. The third-order valence-corrected chi connectivity index (χ3v) is 8.10.